The van der Waals surface area contributed by atoms with Crippen LogP contribution in [0.2, 0.25) is 0 Å². The molecule has 0 bridgehead atoms. The summed E-state index contributed by atoms with van der Waals surface area (Å²) in [6, 6.07) is 5.85. The molecule has 1 aliphatic carbocycles. The van der Waals surface area contributed by atoms with Crippen LogP contribution in [0, 0.1) is 12.8 Å². The molecule has 1 nitrogen and oxygen atoms in total. The number of hydrogen-bond donors (Lipinski definition) is 0. The van der Waals surface area contributed by atoms with Crippen molar-refractivity contribution in [2.24, 2.45) is 5.92 Å². The maximum Gasteiger partial charge on any atom is 0.166 e. The zero-order chi connectivity index (χ0) is 9.42. The third-order valence-electron chi connectivity index (χ3n) is 2.40. The van der Waals surface area contributed by atoms with Gasteiger partial charge in [-0.15, -0.1) is 0 Å². The predicted octanol–water partition coefficient (Wildman–Crippen LogP) is 3.35. The Bertz CT molecular complexity index is 353. The summed E-state index contributed by atoms with van der Waals surface area (Å²) in [4.78, 5) is 11.7. The molecule has 1 aromatic carbocycles. The number of carbonyl (C=O) groups is 1. The second-order valence-electron chi connectivity index (χ2n) is 3.60. The van der Waals surface area contributed by atoms with Gasteiger partial charge in [0.2, 0.25) is 0 Å². The van der Waals surface area contributed by atoms with Crippen molar-refractivity contribution < 1.29 is 4.79 Å². The van der Waals surface area contributed by atoms with Gasteiger partial charge >= 0.3 is 0 Å². The summed E-state index contributed by atoms with van der Waals surface area (Å²) in [5, 5.41) is 0. The molecule has 2 heteroatoms. The standard InChI is InChI=1S/C11H11BrO/c1-7-6-9(12)4-5-10(7)11(13)8-2-3-8/h4-6,8H,2-3H2,1H3. The van der Waals surface area contributed by atoms with E-state index in [1.807, 2.05) is 25.1 Å². The Morgan fingerprint density at radius 3 is 2.69 bits per heavy atom. The molecule has 1 aliphatic rings. The molecular weight excluding hydrogens is 228 g/mol. The van der Waals surface area contributed by atoms with Crippen molar-refractivity contribution in [1.29, 1.82) is 0 Å². The molecule has 0 aromatic heterocycles. The van der Waals surface area contributed by atoms with Gasteiger partial charge in [-0.25, -0.2) is 0 Å². The van der Waals surface area contributed by atoms with Crippen LogP contribution in [0.3, 0.4) is 0 Å². The molecule has 1 fully saturated rings. The third kappa shape index (κ3) is 1.83. The van der Waals surface area contributed by atoms with Crippen LogP contribution in [0.1, 0.15) is 28.8 Å². The van der Waals surface area contributed by atoms with Crippen LogP contribution < -0.4 is 0 Å². The molecule has 1 saturated carbocycles. The molecule has 0 N–H and O–H groups in total. The van der Waals surface area contributed by atoms with Crippen LogP contribution >= 0.6 is 15.9 Å². The average Bonchev–Trinajstić information content (AvgIpc) is 2.85. The minimum atomic E-state index is 0.319. The van der Waals surface area contributed by atoms with E-state index < -0.39 is 0 Å². The molecule has 0 radical (unpaired) electrons. The fourth-order valence-corrected chi connectivity index (χ4v) is 1.94. The van der Waals surface area contributed by atoms with Gasteiger partial charge < -0.3 is 0 Å². The zero-order valence-corrected chi connectivity index (χ0v) is 9.10. The van der Waals surface area contributed by atoms with E-state index in [2.05, 4.69) is 15.9 Å². The maximum absolute atomic E-state index is 11.7. The fraction of sp³-hybridized carbons (Fsp3) is 0.364. The second kappa shape index (κ2) is 3.26. The highest BCUT2D eigenvalue weighted by Gasteiger charge is 2.30. The van der Waals surface area contributed by atoms with Gasteiger partial charge in [-0.1, -0.05) is 22.0 Å². The first-order valence-electron chi connectivity index (χ1n) is 4.49. The van der Waals surface area contributed by atoms with Crippen LogP contribution in [0.4, 0.5) is 0 Å². The smallest absolute Gasteiger partial charge is 0.166 e. The van der Waals surface area contributed by atoms with E-state index in [9.17, 15) is 4.79 Å². The number of Topliss-reactive ketones (excluding diaryl/α,β-unsaturated/α-hetero) is 1. The first-order valence-corrected chi connectivity index (χ1v) is 5.28. The molecule has 0 unspecified atom stereocenters. The van der Waals surface area contributed by atoms with Gasteiger partial charge in [-0.05, 0) is 37.5 Å². The molecule has 0 amide bonds. The number of hydrogen-bond acceptors (Lipinski definition) is 1. The highest BCUT2D eigenvalue weighted by Crippen LogP contribution is 2.33. The molecule has 13 heavy (non-hydrogen) atoms. The normalized spacial score (nSPS) is 15.8. The highest BCUT2D eigenvalue weighted by atomic mass is 79.9. The Hall–Kier alpha value is -0.630. The lowest BCUT2D eigenvalue weighted by atomic mass is 10.0. The summed E-state index contributed by atoms with van der Waals surface area (Å²) in [5.41, 5.74) is 1.97. The topological polar surface area (TPSA) is 17.1 Å². The molecule has 2 rings (SSSR count). The first kappa shape index (κ1) is 8.95. The van der Waals surface area contributed by atoms with Gasteiger partial charge in [0, 0.05) is 16.0 Å². The molecule has 0 aliphatic heterocycles. The largest absolute Gasteiger partial charge is 0.294 e. The van der Waals surface area contributed by atoms with Gasteiger partial charge in [0.05, 0.1) is 0 Å². The van der Waals surface area contributed by atoms with Crippen molar-refractivity contribution in [3.8, 4) is 0 Å². The van der Waals surface area contributed by atoms with Gasteiger partial charge in [-0.2, -0.15) is 0 Å². The summed E-state index contributed by atoms with van der Waals surface area (Å²) in [6.07, 6.45) is 2.16. The summed E-state index contributed by atoms with van der Waals surface area (Å²) in [6.45, 7) is 1.99. The van der Waals surface area contributed by atoms with E-state index in [1.54, 1.807) is 0 Å². The van der Waals surface area contributed by atoms with Crippen LogP contribution in [0.5, 0.6) is 0 Å². The minimum Gasteiger partial charge on any atom is -0.294 e. The number of benzene rings is 1. The van der Waals surface area contributed by atoms with Gasteiger partial charge in [0.25, 0.3) is 0 Å². The second-order valence-corrected chi connectivity index (χ2v) is 4.51. The molecule has 0 saturated heterocycles. The van der Waals surface area contributed by atoms with E-state index in [0.29, 0.717) is 11.7 Å². The SMILES string of the molecule is Cc1cc(Br)ccc1C(=O)C1CC1. The lowest BCUT2D eigenvalue weighted by Crippen LogP contribution is -2.03. The van der Waals surface area contributed by atoms with Gasteiger partial charge in [0.1, 0.15) is 0 Å². The van der Waals surface area contributed by atoms with Crippen LogP contribution in [0.25, 0.3) is 0 Å². The van der Waals surface area contributed by atoms with E-state index in [4.69, 9.17) is 0 Å². The zero-order valence-electron chi connectivity index (χ0n) is 7.51. The summed E-state index contributed by atoms with van der Waals surface area (Å²) in [7, 11) is 0. The van der Waals surface area contributed by atoms with Gasteiger partial charge in [-0.3, -0.25) is 4.79 Å². The Labute approximate surface area is 86.3 Å². The molecule has 0 spiro atoms. The number of carbonyl (C=O) groups excluding carboxylic acids is 1. The Balaban J connectivity index is 2.33. The van der Waals surface area contributed by atoms with Crippen molar-refractivity contribution in [2.75, 3.05) is 0 Å². The minimum absolute atomic E-state index is 0.319. The van der Waals surface area contributed by atoms with E-state index in [0.717, 1.165) is 28.4 Å². The Kier molecular flexibility index (Phi) is 2.24. The quantitative estimate of drug-likeness (QED) is 0.723. The summed E-state index contributed by atoms with van der Waals surface area (Å²) in [5.74, 6) is 0.643. The van der Waals surface area contributed by atoms with Crippen molar-refractivity contribution >= 4 is 21.7 Å². The molecule has 0 atom stereocenters. The average molecular weight is 239 g/mol. The number of ketones is 1. The van der Waals surface area contributed by atoms with E-state index in [-0.39, 0.29) is 0 Å². The van der Waals surface area contributed by atoms with Crippen molar-refractivity contribution in [1.82, 2.24) is 0 Å². The Morgan fingerprint density at radius 2 is 2.15 bits per heavy atom. The van der Waals surface area contributed by atoms with Crippen LogP contribution in [-0.2, 0) is 0 Å². The molecule has 1 aromatic rings. The van der Waals surface area contributed by atoms with Crippen molar-refractivity contribution in [2.45, 2.75) is 19.8 Å². The number of aryl methyl sites for hydroxylation is 1. The third-order valence-corrected chi connectivity index (χ3v) is 2.90. The molecule has 68 valence electrons. The van der Waals surface area contributed by atoms with E-state index >= 15 is 0 Å². The van der Waals surface area contributed by atoms with Crippen molar-refractivity contribution in [3.05, 3.63) is 33.8 Å². The van der Waals surface area contributed by atoms with E-state index in [1.165, 1.54) is 0 Å². The molecular formula is C11H11BrO. The lowest BCUT2D eigenvalue weighted by Gasteiger charge is -2.03. The Morgan fingerprint density at radius 1 is 1.46 bits per heavy atom. The molecule has 0 heterocycles. The summed E-state index contributed by atoms with van der Waals surface area (Å²) >= 11 is 3.39. The fourth-order valence-electron chi connectivity index (χ4n) is 1.47. The number of halogens is 1. The monoisotopic (exact) mass is 238 g/mol. The predicted molar refractivity (Wildman–Crippen MR) is 55.9 cm³/mol. The summed E-state index contributed by atoms with van der Waals surface area (Å²) < 4.78 is 1.04. The number of rotatable bonds is 2. The first-order chi connectivity index (χ1) is 6.18. The van der Waals surface area contributed by atoms with Gasteiger partial charge in [0.15, 0.2) is 5.78 Å². The van der Waals surface area contributed by atoms with Crippen molar-refractivity contribution in [3.63, 3.8) is 0 Å². The van der Waals surface area contributed by atoms with Crippen LogP contribution in [0.15, 0.2) is 22.7 Å². The highest BCUT2D eigenvalue weighted by molar-refractivity contribution is 9.10. The maximum atomic E-state index is 11.7. The lowest BCUT2D eigenvalue weighted by molar-refractivity contribution is 0.0967. The van der Waals surface area contributed by atoms with Crippen LogP contribution in [-0.4, -0.2) is 5.78 Å².